The summed E-state index contributed by atoms with van der Waals surface area (Å²) >= 11 is 6.40. The number of hydrogen-bond donors (Lipinski definition) is 0. The van der Waals surface area contributed by atoms with Crippen LogP contribution in [-0.4, -0.2) is 25.0 Å². The average molecular weight is 396 g/mol. The molecule has 28 heavy (non-hydrogen) atoms. The van der Waals surface area contributed by atoms with Crippen molar-refractivity contribution in [2.24, 2.45) is 4.99 Å². The predicted octanol–water partition coefficient (Wildman–Crippen LogP) is 5.52. The minimum absolute atomic E-state index is 0.433. The van der Waals surface area contributed by atoms with Gasteiger partial charge in [0.2, 0.25) is 0 Å². The van der Waals surface area contributed by atoms with Crippen molar-refractivity contribution in [2.45, 2.75) is 45.8 Å². The fraction of sp³-hybridized carbons (Fsp3) is 0.318. The summed E-state index contributed by atoms with van der Waals surface area (Å²) in [6, 6.07) is 7.87. The van der Waals surface area contributed by atoms with Crippen LogP contribution in [0, 0.1) is 6.92 Å². The van der Waals surface area contributed by atoms with E-state index in [9.17, 15) is 0 Å². The average Bonchev–Trinajstić information content (AvgIpc) is 3.04. The Morgan fingerprint density at radius 2 is 1.71 bits per heavy atom. The van der Waals surface area contributed by atoms with E-state index in [0.29, 0.717) is 5.02 Å². The molecule has 1 fully saturated rings. The highest BCUT2D eigenvalue weighted by Crippen LogP contribution is 2.39. The predicted molar refractivity (Wildman–Crippen MR) is 118 cm³/mol. The molecule has 0 unspecified atom stereocenters. The zero-order valence-corrected chi connectivity index (χ0v) is 17.6. The molecule has 6 heteroatoms. The maximum Gasteiger partial charge on any atom is 0.495 e. The van der Waals surface area contributed by atoms with Crippen LogP contribution in [0.4, 0.5) is 0 Å². The molecule has 1 aliphatic heterocycles. The highest BCUT2D eigenvalue weighted by Gasteiger charge is 2.52. The molecular formula is C22H23BClNO3. The standard InChI is InChI=1S/C22H23BClNO3/c1-13-9-16-18(10-14(13)7-8-25-6)26-19-12-15(24)11-17(20(16)19)23-27-21(2,3)22(4,5)28-23/h7-12H,6H2,1-5H3/b8-7-. The zero-order chi connectivity index (χ0) is 20.3. The number of nitrogens with zero attached hydrogens (tertiary/aromatic N) is 1. The summed E-state index contributed by atoms with van der Waals surface area (Å²) in [6.07, 6.45) is 3.58. The van der Waals surface area contributed by atoms with Gasteiger partial charge in [0.1, 0.15) is 11.2 Å². The van der Waals surface area contributed by atoms with E-state index in [4.69, 9.17) is 25.3 Å². The molecule has 3 aromatic rings. The number of hydrogen-bond acceptors (Lipinski definition) is 4. The lowest BCUT2D eigenvalue weighted by Gasteiger charge is -2.32. The van der Waals surface area contributed by atoms with Crippen LogP contribution < -0.4 is 5.46 Å². The Morgan fingerprint density at radius 1 is 1.04 bits per heavy atom. The number of benzene rings is 2. The van der Waals surface area contributed by atoms with Gasteiger partial charge in [-0.3, -0.25) is 4.99 Å². The van der Waals surface area contributed by atoms with Crippen molar-refractivity contribution >= 4 is 58.9 Å². The van der Waals surface area contributed by atoms with Gasteiger partial charge in [-0.2, -0.15) is 0 Å². The van der Waals surface area contributed by atoms with Crippen LogP contribution in [0.5, 0.6) is 0 Å². The van der Waals surface area contributed by atoms with Crippen LogP contribution in [0.25, 0.3) is 28.0 Å². The van der Waals surface area contributed by atoms with Gasteiger partial charge in [0, 0.05) is 28.1 Å². The van der Waals surface area contributed by atoms with Gasteiger partial charge in [0.25, 0.3) is 0 Å². The maximum absolute atomic E-state index is 6.40. The van der Waals surface area contributed by atoms with Gasteiger partial charge in [-0.1, -0.05) is 11.6 Å². The minimum Gasteiger partial charge on any atom is -0.456 e. The second-order valence-corrected chi connectivity index (χ2v) is 8.70. The Labute approximate surface area is 170 Å². The van der Waals surface area contributed by atoms with Crippen molar-refractivity contribution in [2.75, 3.05) is 0 Å². The zero-order valence-electron chi connectivity index (χ0n) is 16.8. The normalized spacial score (nSPS) is 18.6. The number of aliphatic imine (C=N–C) groups is 1. The quantitative estimate of drug-likeness (QED) is 0.433. The smallest absolute Gasteiger partial charge is 0.456 e. The first-order valence-corrected chi connectivity index (χ1v) is 9.65. The Hall–Kier alpha value is -2.08. The third-order valence-electron chi connectivity index (χ3n) is 5.82. The van der Waals surface area contributed by atoms with Crippen molar-refractivity contribution in [1.29, 1.82) is 0 Å². The molecular weight excluding hydrogens is 373 g/mol. The molecule has 0 radical (unpaired) electrons. The van der Waals surface area contributed by atoms with Gasteiger partial charge in [-0.15, -0.1) is 0 Å². The summed E-state index contributed by atoms with van der Waals surface area (Å²) in [5.41, 5.74) is 3.66. The van der Waals surface area contributed by atoms with E-state index < -0.39 is 18.3 Å². The van der Waals surface area contributed by atoms with Crippen molar-refractivity contribution in [3.05, 3.63) is 46.6 Å². The first-order chi connectivity index (χ1) is 13.1. The van der Waals surface area contributed by atoms with Crippen LogP contribution in [0.1, 0.15) is 38.8 Å². The largest absolute Gasteiger partial charge is 0.495 e. The van der Waals surface area contributed by atoms with Crippen LogP contribution >= 0.6 is 11.6 Å². The molecule has 0 atom stereocenters. The topological polar surface area (TPSA) is 44.0 Å². The van der Waals surface area contributed by atoms with Crippen LogP contribution in [0.2, 0.25) is 5.02 Å². The first-order valence-electron chi connectivity index (χ1n) is 9.27. The molecule has 2 heterocycles. The molecule has 0 N–H and O–H groups in total. The van der Waals surface area contributed by atoms with Crippen LogP contribution in [0.3, 0.4) is 0 Å². The highest BCUT2D eigenvalue weighted by molar-refractivity contribution is 6.66. The van der Waals surface area contributed by atoms with Crippen molar-refractivity contribution in [3.8, 4) is 0 Å². The summed E-state index contributed by atoms with van der Waals surface area (Å²) in [7, 11) is -0.517. The summed E-state index contributed by atoms with van der Waals surface area (Å²) in [5, 5.41) is 2.57. The molecule has 0 spiro atoms. The molecule has 0 amide bonds. The molecule has 0 saturated carbocycles. The van der Waals surface area contributed by atoms with Gasteiger partial charge in [0.05, 0.1) is 11.2 Å². The van der Waals surface area contributed by atoms with Gasteiger partial charge in [0.15, 0.2) is 0 Å². The number of rotatable bonds is 3. The van der Waals surface area contributed by atoms with Gasteiger partial charge in [-0.25, -0.2) is 0 Å². The Bertz CT molecular complexity index is 1110. The number of furan rings is 1. The van der Waals surface area contributed by atoms with Crippen molar-refractivity contribution in [3.63, 3.8) is 0 Å². The van der Waals surface area contributed by atoms with Crippen LogP contribution in [-0.2, 0) is 9.31 Å². The highest BCUT2D eigenvalue weighted by atomic mass is 35.5. The molecule has 4 nitrogen and oxygen atoms in total. The second-order valence-electron chi connectivity index (χ2n) is 8.26. The summed E-state index contributed by atoms with van der Waals surface area (Å²) in [6.45, 7) is 13.7. The second kappa shape index (κ2) is 6.48. The molecule has 0 bridgehead atoms. The molecule has 2 aromatic carbocycles. The maximum atomic E-state index is 6.40. The molecule has 1 aliphatic rings. The van der Waals surface area contributed by atoms with E-state index in [0.717, 1.165) is 38.5 Å². The summed E-state index contributed by atoms with van der Waals surface area (Å²) in [5.74, 6) is 0. The van der Waals surface area contributed by atoms with Gasteiger partial charge >= 0.3 is 7.12 Å². The Kier molecular flexibility index (Phi) is 4.45. The molecule has 4 rings (SSSR count). The fourth-order valence-corrected chi connectivity index (χ4v) is 3.76. The third-order valence-corrected chi connectivity index (χ3v) is 6.04. The monoisotopic (exact) mass is 395 g/mol. The SMILES string of the molecule is C=N/C=C\c1cc2oc3cc(Cl)cc(B4OC(C)(C)C(C)(C)O4)c3c2cc1C. The third kappa shape index (κ3) is 2.98. The van der Waals surface area contributed by atoms with Crippen molar-refractivity contribution < 1.29 is 13.7 Å². The lowest BCUT2D eigenvalue weighted by atomic mass is 9.76. The van der Waals surface area contributed by atoms with E-state index in [-0.39, 0.29) is 0 Å². The molecule has 0 aliphatic carbocycles. The van der Waals surface area contributed by atoms with Crippen molar-refractivity contribution in [1.82, 2.24) is 0 Å². The lowest BCUT2D eigenvalue weighted by molar-refractivity contribution is 0.00578. The van der Waals surface area contributed by atoms with Gasteiger partial charge in [-0.05, 0) is 82.2 Å². The van der Waals surface area contributed by atoms with Crippen LogP contribution in [0.15, 0.2) is 39.9 Å². The van der Waals surface area contributed by atoms with Gasteiger partial charge < -0.3 is 13.7 Å². The summed E-state index contributed by atoms with van der Waals surface area (Å²) in [4.78, 5) is 3.79. The van der Waals surface area contributed by atoms with E-state index in [1.54, 1.807) is 6.20 Å². The number of fused-ring (bicyclic) bond motifs is 3. The van der Waals surface area contributed by atoms with E-state index in [2.05, 4.69) is 24.7 Å². The van der Waals surface area contributed by atoms with E-state index in [1.165, 1.54) is 0 Å². The minimum atomic E-state index is -0.517. The molecule has 1 aromatic heterocycles. The summed E-state index contributed by atoms with van der Waals surface area (Å²) < 4.78 is 18.7. The van der Waals surface area contributed by atoms with E-state index >= 15 is 0 Å². The molecule has 1 saturated heterocycles. The fourth-order valence-electron chi connectivity index (χ4n) is 3.54. The lowest BCUT2D eigenvalue weighted by Crippen LogP contribution is -2.41. The van der Waals surface area contributed by atoms with E-state index in [1.807, 2.05) is 52.0 Å². The number of aryl methyl sites for hydroxylation is 1. The Morgan fingerprint density at radius 3 is 2.36 bits per heavy atom. The number of halogens is 1. The molecule has 144 valence electrons. The first kappa shape index (κ1) is 19.3. The Balaban J connectivity index is 1.95.